The van der Waals surface area contributed by atoms with Gasteiger partial charge in [-0.05, 0) is 41.3 Å². The van der Waals surface area contributed by atoms with Gasteiger partial charge in [0.05, 0.1) is 18.4 Å². The van der Waals surface area contributed by atoms with Crippen molar-refractivity contribution in [1.29, 1.82) is 0 Å². The molecule has 23 heavy (non-hydrogen) atoms. The Morgan fingerprint density at radius 2 is 1.87 bits per heavy atom. The van der Waals surface area contributed by atoms with Crippen LogP contribution in [-0.2, 0) is 5.41 Å². The van der Waals surface area contributed by atoms with E-state index in [1.54, 1.807) is 6.07 Å². The molecule has 2 aromatic carbocycles. The first-order valence-corrected chi connectivity index (χ1v) is 7.55. The van der Waals surface area contributed by atoms with Gasteiger partial charge in [-0.25, -0.2) is 4.39 Å². The zero-order chi connectivity index (χ0) is 17.2. The van der Waals surface area contributed by atoms with Crippen molar-refractivity contribution < 1.29 is 13.9 Å². The first kappa shape index (κ1) is 17.3. The van der Waals surface area contributed by atoms with Crippen LogP contribution in [0.2, 0.25) is 5.02 Å². The minimum atomic E-state index is -0.627. The van der Waals surface area contributed by atoms with Crippen molar-refractivity contribution >= 4 is 23.2 Å². The molecule has 0 saturated heterocycles. The molecule has 1 amide bonds. The Kier molecular flexibility index (Phi) is 4.95. The maximum atomic E-state index is 13.8. The number of anilines is 1. The molecule has 0 unspecified atom stereocenters. The number of carbonyl (C=O) groups excluding carboxylic acids is 1. The summed E-state index contributed by atoms with van der Waals surface area (Å²) >= 11 is 5.84. The van der Waals surface area contributed by atoms with Crippen LogP contribution in [0, 0.1) is 5.82 Å². The summed E-state index contributed by atoms with van der Waals surface area (Å²) in [6, 6.07) is 9.42. The summed E-state index contributed by atoms with van der Waals surface area (Å²) in [5.41, 5.74) is 1.32. The van der Waals surface area contributed by atoms with Crippen LogP contribution in [0.5, 0.6) is 5.75 Å². The maximum Gasteiger partial charge on any atom is 0.258 e. The van der Waals surface area contributed by atoms with Crippen LogP contribution in [0.1, 0.15) is 36.7 Å². The second kappa shape index (κ2) is 6.59. The predicted octanol–water partition coefficient (Wildman–Crippen LogP) is 5.04. The van der Waals surface area contributed by atoms with E-state index in [1.165, 1.54) is 25.3 Å². The molecule has 0 spiro atoms. The average molecular weight is 336 g/mol. The van der Waals surface area contributed by atoms with Crippen molar-refractivity contribution in [3.63, 3.8) is 0 Å². The summed E-state index contributed by atoms with van der Waals surface area (Å²) in [5.74, 6) is -0.694. The van der Waals surface area contributed by atoms with Gasteiger partial charge < -0.3 is 10.1 Å². The second-order valence-corrected chi connectivity index (χ2v) is 6.68. The molecule has 0 atom stereocenters. The molecule has 2 aromatic rings. The van der Waals surface area contributed by atoms with Crippen LogP contribution >= 0.6 is 11.6 Å². The number of halogens is 2. The lowest BCUT2D eigenvalue weighted by molar-refractivity contribution is 0.102. The van der Waals surface area contributed by atoms with E-state index in [4.69, 9.17) is 16.3 Å². The summed E-state index contributed by atoms with van der Waals surface area (Å²) in [7, 11) is 1.52. The van der Waals surface area contributed by atoms with Gasteiger partial charge in [-0.3, -0.25) is 4.79 Å². The highest BCUT2D eigenvalue weighted by atomic mass is 35.5. The van der Waals surface area contributed by atoms with Gasteiger partial charge in [-0.2, -0.15) is 0 Å². The Hall–Kier alpha value is -2.07. The Balaban J connectivity index is 2.38. The highest BCUT2D eigenvalue weighted by Gasteiger charge is 2.18. The van der Waals surface area contributed by atoms with E-state index in [0.29, 0.717) is 16.5 Å². The summed E-state index contributed by atoms with van der Waals surface area (Å²) in [6.07, 6.45) is 0. The van der Waals surface area contributed by atoms with E-state index >= 15 is 0 Å². The minimum Gasteiger partial charge on any atom is -0.495 e. The molecule has 3 nitrogen and oxygen atoms in total. The summed E-state index contributed by atoms with van der Waals surface area (Å²) in [5, 5.41) is 2.99. The van der Waals surface area contributed by atoms with Crippen molar-refractivity contribution in [2.24, 2.45) is 0 Å². The molecular formula is C18H19ClFNO2. The van der Waals surface area contributed by atoms with Gasteiger partial charge in [0.1, 0.15) is 11.6 Å². The molecule has 0 aliphatic carbocycles. The van der Waals surface area contributed by atoms with Crippen molar-refractivity contribution in [3.05, 3.63) is 58.4 Å². The molecule has 122 valence electrons. The van der Waals surface area contributed by atoms with Gasteiger partial charge >= 0.3 is 0 Å². The fourth-order valence-electron chi connectivity index (χ4n) is 2.13. The molecule has 0 saturated carbocycles. The van der Waals surface area contributed by atoms with Crippen LogP contribution < -0.4 is 10.1 Å². The number of carbonyl (C=O) groups is 1. The van der Waals surface area contributed by atoms with Crippen LogP contribution in [0.3, 0.4) is 0 Å². The van der Waals surface area contributed by atoms with Crippen LogP contribution in [-0.4, -0.2) is 13.0 Å². The molecule has 0 heterocycles. The molecular weight excluding hydrogens is 317 g/mol. The summed E-state index contributed by atoms with van der Waals surface area (Å²) in [4.78, 5) is 12.4. The van der Waals surface area contributed by atoms with Crippen LogP contribution in [0.15, 0.2) is 36.4 Å². The van der Waals surface area contributed by atoms with E-state index in [-0.39, 0.29) is 11.0 Å². The lowest BCUT2D eigenvalue weighted by atomic mass is 9.87. The largest absolute Gasteiger partial charge is 0.495 e. The maximum absolute atomic E-state index is 13.8. The second-order valence-electron chi connectivity index (χ2n) is 6.24. The van der Waals surface area contributed by atoms with Crippen molar-refractivity contribution in [1.82, 2.24) is 0 Å². The number of nitrogens with one attached hydrogen (secondary N) is 1. The van der Waals surface area contributed by atoms with Crippen LogP contribution in [0.4, 0.5) is 10.1 Å². The molecule has 0 fully saturated rings. The van der Waals surface area contributed by atoms with Gasteiger partial charge in [-0.15, -0.1) is 0 Å². The molecule has 1 N–H and O–H groups in total. The normalized spacial score (nSPS) is 11.2. The van der Waals surface area contributed by atoms with Crippen molar-refractivity contribution in [2.75, 3.05) is 12.4 Å². The van der Waals surface area contributed by atoms with E-state index in [9.17, 15) is 9.18 Å². The standard InChI is InChI=1S/C18H19ClFNO2/c1-18(2,3)11-5-8-16(23-4)15(9-11)21-17(22)13-10-12(19)6-7-14(13)20/h5-10H,1-4H3,(H,21,22). The number of methoxy groups -OCH3 is 1. The molecule has 0 bridgehead atoms. The Bertz CT molecular complexity index is 738. The smallest absolute Gasteiger partial charge is 0.258 e. The van der Waals surface area contributed by atoms with Gasteiger partial charge in [0.15, 0.2) is 0 Å². The zero-order valence-corrected chi connectivity index (χ0v) is 14.3. The topological polar surface area (TPSA) is 38.3 Å². The Morgan fingerprint density at radius 3 is 2.48 bits per heavy atom. The lowest BCUT2D eigenvalue weighted by Crippen LogP contribution is -2.16. The molecule has 5 heteroatoms. The van der Waals surface area contributed by atoms with Gasteiger partial charge in [0, 0.05) is 5.02 Å². The number of rotatable bonds is 3. The van der Waals surface area contributed by atoms with E-state index < -0.39 is 11.7 Å². The lowest BCUT2D eigenvalue weighted by Gasteiger charge is -2.21. The number of amides is 1. The third kappa shape index (κ3) is 4.02. The van der Waals surface area contributed by atoms with E-state index in [2.05, 4.69) is 26.1 Å². The average Bonchev–Trinajstić information content (AvgIpc) is 2.48. The molecule has 0 aliphatic rings. The predicted molar refractivity (Wildman–Crippen MR) is 91.1 cm³/mol. The Morgan fingerprint density at radius 1 is 1.17 bits per heavy atom. The molecule has 2 rings (SSSR count). The quantitative estimate of drug-likeness (QED) is 0.853. The first-order valence-electron chi connectivity index (χ1n) is 7.17. The minimum absolute atomic E-state index is 0.0902. The van der Waals surface area contributed by atoms with Gasteiger partial charge in [-0.1, -0.05) is 38.4 Å². The Labute approximate surface area is 140 Å². The van der Waals surface area contributed by atoms with E-state index in [1.807, 2.05) is 12.1 Å². The fourth-order valence-corrected chi connectivity index (χ4v) is 2.31. The van der Waals surface area contributed by atoms with Gasteiger partial charge in [0.2, 0.25) is 0 Å². The number of benzene rings is 2. The fraction of sp³-hybridized carbons (Fsp3) is 0.278. The van der Waals surface area contributed by atoms with Crippen molar-refractivity contribution in [2.45, 2.75) is 26.2 Å². The first-order chi connectivity index (χ1) is 10.7. The molecule has 0 radical (unpaired) electrons. The van der Waals surface area contributed by atoms with E-state index in [0.717, 1.165) is 5.56 Å². The number of hydrogen-bond acceptors (Lipinski definition) is 2. The number of ether oxygens (including phenoxy) is 1. The monoisotopic (exact) mass is 335 g/mol. The van der Waals surface area contributed by atoms with Crippen molar-refractivity contribution in [3.8, 4) is 5.75 Å². The number of hydrogen-bond donors (Lipinski definition) is 1. The molecule has 0 aliphatic heterocycles. The third-order valence-corrected chi connectivity index (χ3v) is 3.72. The zero-order valence-electron chi connectivity index (χ0n) is 13.5. The highest BCUT2D eigenvalue weighted by molar-refractivity contribution is 6.31. The summed E-state index contributed by atoms with van der Waals surface area (Å²) < 4.78 is 19.1. The summed E-state index contributed by atoms with van der Waals surface area (Å²) in [6.45, 7) is 6.20. The third-order valence-electron chi connectivity index (χ3n) is 3.49. The SMILES string of the molecule is COc1ccc(C(C)(C)C)cc1NC(=O)c1cc(Cl)ccc1F. The highest BCUT2D eigenvalue weighted by Crippen LogP contribution is 2.32. The van der Waals surface area contributed by atoms with Gasteiger partial charge in [0.25, 0.3) is 5.91 Å². The molecule has 0 aromatic heterocycles. The van der Waals surface area contributed by atoms with Crippen LogP contribution in [0.25, 0.3) is 0 Å².